The van der Waals surface area contributed by atoms with Crippen molar-refractivity contribution in [3.8, 4) is 11.3 Å². The van der Waals surface area contributed by atoms with Crippen molar-refractivity contribution in [3.05, 3.63) is 45.7 Å². The van der Waals surface area contributed by atoms with Gasteiger partial charge in [-0.05, 0) is 37.5 Å². The summed E-state index contributed by atoms with van der Waals surface area (Å²) in [6, 6.07) is 8.53. The summed E-state index contributed by atoms with van der Waals surface area (Å²) in [6.07, 6.45) is 8.65. The normalized spacial score (nSPS) is 17.8. The van der Waals surface area contributed by atoms with E-state index in [0.29, 0.717) is 0 Å². The third kappa shape index (κ3) is 2.26. The highest BCUT2D eigenvalue weighted by Gasteiger charge is 2.44. The Labute approximate surface area is 147 Å². The Bertz CT molecular complexity index is 834. The molecule has 2 aliphatic rings. The van der Waals surface area contributed by atoms with Crippen molar-refractivity contribution in [1.82, 2.24) is 9.55 Å². The van der Waals surface area contributed by atoms with Gasteiger partial charge < -0.3 is 0 Å². The van der Waals surface area contributed by atoms with Gasteiger partial charge in [0.2, 0.25) is 0 Å². The monoisotopic (exact) mass is 340 g/mol. The minimum Gasteiger partial charge on any atom is -0.287 e. The van der Waals surface area contributed by atoms with Gasteiger partial charge in [-0.25, -0.2) is 4.98 Å². The molecule has 1 aromatic carbocycles. The fourth-order valence-corrected chi connectivity index (χ4v) is 5.20. The molecule has 0 bridgehead atoms. The number of nitrogens with zero attached hydrogens (tertiary/aromatic N) is 2. The fourth-order valence-electron chi connectivity index (χ4n) is 4.62. The van der Waals surface area contributed by atoms with Crippen LogP contribution >= 0.6 is 11.8 Å². The van der Waals surface area contributed by atoms with E-state index < -0.39 is 0 Å². The zero-order chi connectivity index (χ0) is 16.7. The molecule has 0 N–H and O–H groups in total. The zero-order valence-electron chi connectivity index (χ0n) is 14.5. The average Bonchev–Trinajstić information content (AvgIpc) is 3.05. The van der Waals surface area contributed by atoms with E-state index in [4.69, 9.17) is 4.98 Å². The fraction of sp³-hybridized carbons (Fsp3) is 0.500. The summed E-state index contributed by atoms with van der Waals surface area (Å²) in [7, 11) is 0. The molecule has 0 radical (unpaired) electrons. The maximum Gasteiger partial charge on any atom is 0.258 e. The van der Waals surface area contributed by atoms with Crippen LogP contribution in [0.5, 0.6) is 0 Å². The lowest BCUT2D eigenvalue weighted by molar-refractivity contribution is 0.414. The van der Waals surface area contributed by atoms with Gasteiger partial charge in [0.15, 0.2) is 5.16 Å². The van der Waals surface area contributed by atoms with Crippen LogP contribution in [0.15, 0.2) is 34.2 Å². The number of hydrogen-bond acceptors (Lipinski definition) is 3. The molecule has 1 heterocycles. The lowest BCUT2D eigenvalue weighted by Crippen LogP contribution is -2.40. The van der Waals surface area contributed by atoms with E-state index in [1.165, 1.54) is 24.0 Å². The number of rotatable bonds is 3. The van der Waals surface area contributed by atoms with Gasteiger partial charge in [-0.2, -0.15) is 0 Å². The summed E-state index contributed by atoms with van der Waals surface area (Å²) < 4.78 is 1.91. The minimum atomic E-state index is 0.0141. The average molecular weight is 340 g/mol. The second-order valence-corrected chi connectivity index (χ2v) is 7.87. The number of thioether (sulfide) groups is 1. The topological polar surface area (TPSA) is 34.9 Å². The number of fused-ring (bicyclic) bond motifs is 4. The second kappa shape index (κ2) is 6.07. The van der Waals surface area contributed by atoms with Gasteiger partial charge in [0.05, 0.1) is 11.3 Å². The van der Waals surface area contributed by atoms with Crippen molar-refractivity contribution in [2.24, 2.45) is 0 Å². The molecule has 1 spiro atoms. The van der Waals surface area contributed by atoms with Gasteiger partial charge in [0.1, 0.15) is 0 Å². The van der Waals surface area contributed by atoms with E-state index in [1.807, 2.05) is 10.8 Å². The molecular formula is C20H24N2OS. The Morgan fingerprint density at radius 1 is 1.25 bits per heavy atom. The molecule has 2 aromatic rings. The molecule has 24 heavy (non-hydrogen) atoms. The SMILES string of the molecule is CCCn1c(SC)nc2c(c1=O)C1(CCCC1)Cc1ccccc1-2. The van der Waals surface area contributed by atoms with Crippen molar-refractivity contribution in [2.45, 2.75) is 62.6 Å². The molecule has 0 unspecified atom stereocenters. The first-order valence-electron chi connectivity index (χ1n) is 8.98. The van der Waals surface area contributed by atoms with Crippen molar-refractivity contribution in [1.29, 1.82) is 0 Å². The quantitative estimate of drug-likeness (QED) is 0.613. The Balaban J connectivity index is 2.05. The van der Waals surface area contributed by atoms with Crippen molar-refractivity contribution in [2.75, 3.05) is 6.26 Å². The standard InChI is InChI=1S/C20H24N2OS/c1-3-12-22-18(23)16-17(21-19(22)24-2)15-9-5-4-8-14(15)13-20(16)10-6-7-11-20/h4-5,8-9H,3,6-7,10-13H2,1-2H3. The lowest BCUT2D eigenvalue weighted by atomic mass is 9.68. The first kappa shape index (κ1) is 15.9. The maximum absolute atomic E-state index is 13.5. The Morgan fingerprint density at radius 2 is 2.00 bits per heavy atom. The van der Waals surface area contributed by atoms with E-state index in [0.717, 1.165) is 48.6 Å². The summed E-state index contributed by atoms with van der Waals surface area (Å²) in [5.41, 5.74) is 4.72. The lowest BCUT2D eigenvalue weighted by Gasteiger charge is -2.36. The van der Waals surface area contributed by atoms with Gasteiger partial charge in [-0.3, -0.25) is 9.36 Å². The summed E-state index contributed by atoms with van der Waals surface area (Å²) >= 11 is 1.58. The number of hydrogen-bond donors (Lipinski definition) is 0. The third-order valence-corrected chi connectivity index (χ3v) is 6.33. The van der Waals surface area contributed by atoms with Crippen molar-refractivity contribution < 1.29 is 0 Å². The van der Waals surface area contributed by atoms with Crippen LogP contribution in [0.4, 0.5) is 0 Å². The van der Waals surface area contributed by atoms with Crippen LogP contribution in [0.25, 0.3) is 11.3 Å². The summed E-state index contributed by atoms with van der Waals surface area (Å²) in [5, 5.41) is 0.852. The van der Waals surface area contributed by atoms with Gasteiger partial charge in [-0.1, -0.05) is 55.8 Å². The van der Waals surface area contributed by atoms with Gasteiger partial charge in [-0.15, -0.1) is 0 Å². The predicted molar refractivity (Wildman–Crippen MR) is 99.9 cm³/mol. The van der Waals surface area contributed by atoms with E-state index in [2.05, 4.69) is 31.2 Å². The van der Waals surface area contributed by atoms with Crippen LogP contribution in [0.3, 0.4) is 0 Å². The Hall–Kier alpha value is -1.55. The molecule has 1 fully saturated rings. The molecule has 0 aliphatic heterocycles. The molecule has 1 aromatic heterocycles. The van der Waals surface area contributed by atoms with Crippen LogP contribution in [-0.4, -0.2) is 15.8 Å². The maximum atomic E-state index is 13.5. The molecule has 0 saturated heterocycles. The smallest absolute Gasteiger partial charge is 0.258 e. The summed E-state index contributed by atoms with van der Waals surface area (Å²) in [5.74, 6) is 0. The molecule has 4 rings (SSSR count). The molecule has 4 heteroatoms. The van der Waals surface area contributed by atoms with Crippen LogP contribution in [-0.2, 0) is 18.4 Å². The highest BCUT2D eigenvalue weighted by molar-refractivity contribution is 7.98. The highest BCUT2D eigenvalue weighted by Crippen LogP contribution is 2.49. The van der Waals surface area contributed by atoms with E-state index in [1.54, 1.807) is 11.8 Å². The molecule has 3 nitrogen and oxygen atoms in total. The Kier molecular flexibility index (Phi) is 4.03. The largest absolute Gasteiger partial charge is 0.287 e. The van der Waals surface area contributed by atoms with Crippen LogP contribution < -0.4 is 5.56 Å². The summed E-state index contributed by atoms with van der Waals surface area (Å²) in [6.45, 7) is 2.88. The zero-order valence-corrected chi connectivity index (χ0v) is 15.3. The Morgan fingerprint density at radius 3 is 2.71 bits per heavy atom. The van der Waals surface area contributed by atoms with E-state index in [9.17, 15) is 4.79 Å². The first-order valence-corrected chi connectivity index (χ1v) is 10.2. The van der Waals surface area contributed by atoms with E-state index in [-0.39, 0.29) is 11.0 Å². The molecule has 2 aliphatic carbocycles. The minimum absolute atomic E-state index is 0.0141. The van der Waals surface area contributed by atoms with Gasteiger partial charge in [0, 0.05) is 17.5 Å². The van der Waals surface area contributed by atoms with Gasteiger partial charge in [0.25, 0.3) is 5.56 Å². The number of aromatic nitrogens is 2. The third-order valence-electron chi connectivity index (χ3n) is 5.66. The molecule has 0 amide bonds. The highest BCUT2D eigenvalue weighted by atomic mass is 32.2. The molecule has 0 atom stereocenters. The first-order chi connectivity index (χ1) is 11.7. The van der Waals surface area contributed by atoms with E-state index >= 15 is 0 Å². The predicted octanol–water partition coefficient (Wildman–Crippen LogP) is 4.41. The van der Waals surface area contributed by atoms with Crippen LogP contribution in [0.1, 0.15) is 50.2 Å². The van der Waals surface area contributed by atoms with Crippen molar-refractivity contribution in [3.63, 3.8) is 0 Å². The van der Waals surface area contributed by atoms with Crippen molar-refractivity contribution >= 4 is 11.8 Å². The van der Waals surface area contributed by atoms with Crippen LogP contribution in [0.2, 0.25) is 0 Å². The molecular weight excluding hydrogens is 316 g/mol. The molecule has 126 valence electrons. The van der Waals surface area contributed by atoms with Gasteiger partial charge >= 0.3 is 0 Å². The number of benzene rings is 1. The molecule has 1 saturated carbocycles. The summed E-state index contributed by atoms with van der Waals surface area (Å²) in [4.78, 5) is 18.5. The second-order valence-electron chi connectivity index (χ2n) is 7.10. The van der Waals surface area contributed by atoms with Crippen LogP contribution in [0, 0.1) is 0 Å².